The molecule has 0 fully saturated rings. The van der Waals surface area contributed by atoms with Crippen molar-refractivity contribution in [2.24, 2.45) is 5.73 Å². The van der Waals surface area contributed by atoms with Gasteiger partial charge in [0.15, 0.2) is 0 Å². The summed E-state index contributed by atoms with van der Waals surface area (Å²) in [6, 6.07) is 8.42. The van der Waals surface area contributed by atoms with E-state index in [0.29, 0.717) is 12.6 Å². The van der Waals surface area contributed by atoms with Crippen LogP contribution in [0.1, 0.15) is 51.6 Å². The summed E-state index contributed by atoms with van der Waals surface area (Å²) in [5.74, 6) is 0. The molecule has 1 aromatic carbocycles. The Morgan fingerprint density at radius 2 is 2.05 bits per heavy atom. The molecule has 0 heterocycles. The first-order valence-electron chi connectivity index (χ1n) is 7.19. The minimum Gasteiger partial charge on any atom is -0.329 e. The molecule has 0 radical (unpaired) electrons. The Morgan fingerprint density at radius 3 is 2.53 bits per heavy atom. The second-order valence-corrected chi connectivity index (χ2v) is 5.81. The third-order valence-electron chi connectivity index (χ3n) is 4.41. The second-order valence-electron chi connectivity index (χ2n) is 5.37. The molecule has 19 heavy (non-hydrogen) atoms. The van der Waals surface area contributed by atoms with Gasteiger partial charge in [0.2, 0.25) is 0 Å². The summed E-state index contributed by atoms with van der Waals surface area (Å²) in [6.07, 6.45) is 3.35. The Balaban J connectivity index is 2.99. The van der Waals surface area contributed by atoms with Crippen LogP contribution in [0.3, 0.4) is 0 Å². The normalized spacial score (nSPS) is 16.4. The Hall–Kier alpha value is -0.570. The number of hydrogen-bond donors (Lipinski definition) is 1. The number of hydrogen-bond acceptors (Lipinski definition) is 2. The lowest BCUT2D eigenvalue weighted by molar-refractivity contribution is 0.0707. The van der Waals surface area contributed by atoms with Gasteiger partial charge in [-0.1, -0.05) is 44.0 Å². The number of rotatable bonds is 7. The average Bonchev–Trinajstić information content (AvgIpc) is 2.43. The molecule has 2 atom stereocenters. The zero-order chi connectivity index (χ0) is 14.5. The van der Waals surface area contributed by atoms with E-state index in [-0.39, 0.29) is 5.54 Å². The molecule has 0 amide bonds. The van der Waals surface area contributed by atoms with Crippen LogP contribution in [0.2, 0.25) is 5.02 Å². The lowest BCUT2D eigenvalue weighted by Crippen LogP contribution is -2.52. The summed E-state index contributed by atoms with van der Waals surface area (Å²) in [7, 11) is 2.18. The highest BCUT2D eigenvalue weighted by Crippen LogP contribution is 2.32. The van der Waals surface area contributed by atoms with Crippen molar-refractivity contribution in [2.75, 3.05) is 13.6 Å². The van der Waals surface area contributed by atoms with Crippen LogP contribution in [-0.2, 0) is 0 Å². The van der Waals surface area contributed by atoms with Crippen molar-refractivity contribution in [3.05, 3.63) is 34.9 Å². The van der Waals surface area contributed by atoms with Crippen molar-refractivity contribution in [3.8, 4) is 0 Å². The highest BCUT2D eigenvalue weighted by molar-refractivity contribution is 6.30. The van der Waals surface area contributed by atoms with E-state index in [1.165, 1.54) is 5.56 Å². The Morgan fingerprint density at radius 1 is 1.37 bits per heavy atom. The van der Waals surface area contributed by atoms with Crippen LogP contribution in [0.25, 0.3) is 0 Å². The lowest BCUT2D eigenvalue weighted by atomic mass is 9.87. The van der Waals surface area contributed by atoms with Gasteiger partial charge >= 0.3 is 0 Å². The lowest BCUT2D eigenvalue weighted by Gasteiger charge is -2.44. The fourth-order valence-corrected chi connectivity index (χ4v) is 3.06. The van der Waals surface area contributed by atoms with Crippen LogP contribution in [-0.4, -0.2) is 24.0 Å². The Labute approximate surface area is 122 Å². The van der Waals surface area contributed by atoms with Crippen LogP contribution < -0.4 is 5.73 Å². The molecule has 0 spiro atoms. The Kier molecular flexibility index (Phi) is 6.31. The molecule has 0 aromatic heterocycles. The predicted octanol–water partition coefficient (Wildman–Crippen LogP) is 4.24. The van der Waals surface area contributed by atoms with E-state index in [1.807, 2.05) is 18.2 Å². The summed E-state index contributed by atoms with van der Waals surface area (Å²) >= 11 is 6.09. The maximum absolute atomic E-state index is 6.09. The van der Waals surface area contributed by atoms with Crippen LogP contribution in [0, 0.1) is 0 Å². The van der Waals surface area contributed by atoms with Gasteiger partial charge in [0.25, 0.3) is 0 Å². The molecule has 0 aliphatic heterocycles. The van der Waals surface area contributed by atoms with Gasteiger partial charge in [-0.15, -0.1) is 0 Å². The fraction of sp³-hybridized carbons (Fsp3) is 0.625. The smallest absolute Gasteiger partial charge is 0.0409 e. The van der Waals surface area contributed by atoms with Crippen LogP contribution in [0.15, 0.2) is 24.3 Å². The van der Waals surface area contributed by atoms with Crippen LogP contribution >= 0.6 is 11.6 Å². The largest absolute Gasteiger partial charge is 0.329 e. The third-order valence-corrected chi connectivity index (χ3v) is 4.65. The van der Waals surface area contributed by atoms with E-state index in [1.54, 1.807) is 0 Å². The van der Waals surface area contributed by atoms with Gasteiger partial charge in [-0.2, -0.15) is 0 Å². The predicted molar refractivity (Wildman–Crippen MR) is 84.6 cm³/mol. The first-order chi connectivity index (χ1) is 9.00. The number of nitrogens with zero attached hydrogens (tertiary/aromatic N) is 1. The van der Waals surface area contributed by atoms with E-state index in [2.05, 4.69) is 38.8 Å². The molecule has 0 saturated heterocycles. The van der Waals surface area contributed by atoms with Gasteiger partial charge in [0, 0.05) is 23.1 Å². The summed E-state index contributed by atoms with van der Waals surface area (Å²) < 4.78 is 0. The molecule has 0 saturated carbocycles. The number of halogens is 1. The minimum absolute atomic E-state index is 0.0798. The van der Waals surface area contributed by atoms with Gasteiger partial charge in [0.1, 0.15) is 0 Å². The van der Waals surface area contributed by atoms with E-state index >= 15 is 0 Å². The molecule has 2 unspecified atom stereocenters. The SMILES string of the molecule is CCCC(CC)(CN)N(C)C(C)c1cccc(Cl)c1. The Bertz CT molecular complexity index is 388. The zero-order valence-electron chi connectivity index (χ0n) is 12.6. The molecule has 1 aromatic rings. The van der Waals surface area contributed by atoms with Gasteiger partial charge in [-0.05, 0) is 44.5 Å². The minimum atomic E-state index is 0.0798. The van der Waals surface area contributed by atoms with Crippen molar-refractivity contribution < 1.29 is 0 Å². The van der Waals surface area contributed by atoms with Gasteiger partial charge in [-0.25, -0.2) is 0 Å². The van der Waals surface area contributed by atoms with Gasteiger partial charge in [0.05, 0.1) is 0 Å². The summed E-state index contributed by atoms with van der Waals surface area (Å²) in [5.41, 5.74) is 7.41. The summed E-state index contributed by atoms with van der Waals surface area (Å²) in [4.78, 5) is 2.42. The van der Waals surface area contributed by atoms with Crippen molar-refractivity contribution in [1.29, 1.82) is 0 Å². The summed E-state index contributed by atoms with van der Waals surface area (Å²) in [5, 5.41) is 0.795. The molecule has 0 aliphatic rings. The van der Waals surface area contributed by atoms with Crippen molar-refractivity contribution in [1.82, 2.24) is 4.90 Å². The standard InChI is InChI=1S/C16H27ClN2/c1-5-10-16(6-2,12-18)19(4)13(3)14-8-7-9-15(17)11-14/h7-9,11,13H,5-6,10,12,18H2,1-4H3. The van der Waals surface area contributed by atoms with E-state index < -0.39 is 0 Å². The molecule has 3 heteroatoms. The molecule has 0 aliphatic carbocycles. The van der Waals surface area contributed by atoms with E-state index in [0.717, 1.165) is 24.3 Å². The maximum atomic E-state index is 6.09. The second kappa shape index (κ2) is 7.28. The highest BCUT2D eigenvalue weighted by Gasteiger charge is 2.33. The monoisotopic (exact) mass is 282 g/mol. The average molecular weight is 283 g/mol. The molecular weight excluding hydrogens is 256 g/mol. The van der Waals surface area contributed by atoms with Crippen LogP contribution in [0.5, 0.6) is 0 Å². The number of nitrogens with two attached hydrogens (primary N) is 1. The molecule has 108 valence electrons. The van der Waals surface area contributed by atoms with Gasteiger partial charge in [-0.3, -0.25) is 4.90 Å². The van der Waals surface area contributed by atoms with Crippen molar-refractivity contribution >= 4 is 11.6 Å². The maximum Gasteiger partial charge on any atom is 0.0409 e. The molecule has 1 rings (SSSR count). The molecule has 0 bridgehead atoms. The van der Waals surface area contributed by atoms with Crippen LogP contribution in [0.4, 0.5) is 0 Å². The summed E-state index contributed by atoms with van der Waals surface area (Å²) in [6.45, 7) is 7.36. The highest BCUT2D eigenvalue weighted by atomic mass is 35.5. The zero-order valence-corrected chi connectivity index (χ0v) is 13.4. The number of likely N-dealkylation sites (N-methyl/N-ethyl adjacent to an activating group) is 1. The first-order valence-corrected chi connectivity index (χ1v) is 7.57. The molecule has 2 nitrogen and oxygen atoms in total. The topological polar surface area (TPSA) is 29.3 Å². The molecular formula is C16H27ClN2. The molecule has 2 N–H and O–H groups in total. The van der Waals surface area contributed by atoms with Crippen molar-refractivity contribution in [2.45, 2.75) is 51.6 Å². The quantitative estimate of drug-likeness (QED) is 0.810. The fourth-order valence-electron chi connectivity index (χ4n) is 2.86. The first kappa shape index (κ1) is 16.5. The van der Waals surface area contributed by atoms with Crippen molar-refractivity contribution in [3.63, 3.8) is 0 Å². The van der Waals surface area contributed by atoms with E-state index in [9.17, 15) is 0 Å². The third kappa shape index (κ3) is 3.71. The van der Waals surface area contributed by atoms with Gasteiger partial charge < -0.3 is 5.73 Å². The number of benzene rings is 1. The van der Waals surface area contributed by atoms with E-state index in [4.69, 9.17) is 17.3 Å².